The number of anilines is 5. The van der Waals surface area contributed by atoms with E-state index in [1.54, 1.807) is 18.3 Å². The van der Waals surface area contributed by atoms with E-state index in [2.05, 4.69) is 66.9 Å². The molecule has 0 bridgehead atoms. The second-order valence-electron chi connectivity index (χ2n) is 9.29. The minimum absolute atomic E-state index is 0.317. The van der Waals surface area contributed by atoms with Crippen LogP contribution in [-0.2, 0) is 4.74 Å². The lowest BCUT2D eigenvalue weighted by Crippen LogP contribution is -2.15. The summed E-state index contributed by atoms with van der Waals surface area (Å²) in [5.74, 6) is -0.400. The van der Waals surface area contributed by atoms with Crippen LogP contribution in [0.25, 0.3) is 0 Å². The first-order valence-electron chi connectivity index (χ1n) is 13.1. The van der Waals surface area contributed by atoms with Crippen LogP contribution in [0.5, 0.6) is 0 Å². The van der Waals surface area contributed by atoms with Crippen LogP contribution in [0.3, 0.4) is 0 Å². The van der Waals surface area contributed by atoms with Gasteiger partial charge in [-0.3, -0.25) is 5.43 Å². The number of thiazole rings is 1. The SMILES string of the molecule is CCOC(=O)c1cnc(N=Nc2ccc(NNc3ccc(NNc4ccc(N5CCCC5)s4)cc3C)cc2C)s1. The molecule has 1 aliphatic heterocycles. The number of nitrogens with zero attached hydrogens (tertiary/aromatic N) is 4. The molecule has 208 valence electrons. The smallest absolute Gasteiger partial charge is 0.350 e. The van der Waals surface area contributed by atoms with E-state index < -0.39 is 5.97 Å². The number of thiophene rings is 1. The van der Waals surface area contributed by atoms with Gasteiger partial charge in [-0.25, -0.2) is 9.78 Å². The Balaban J connectivity index is 1.13. The highest BCUT2D eigenvalue weighted by molar-refractivity contribution is 7.20. The van der Waals surface area contributed by atoms with Crippen LogP contribution in [0.1, 0.15) is 40.6 Å². The van der Waals surface area contributed by atoms with E-state index in [9.17, 15) is 4.79 Å². The summed E-state index contributed by atoms with van der Waals surface area (Å²) in [6.07, 6.45) is 4.01. The molecule has 0 radical (unpaired) electrons. The fraction of sp³-hybridized carbons (Fsp3) is 0.286. The largest absolute Gasteiger partial charge is 0.462 e. The number of nitrogens with one attached hydrogen (secondary N) is 4. The third-order valence-electron chi connectivity index (χ3n) is 6.32. The van der Waals surface area contributed by atoms with Gasteiger partial charge >= 0.3 is 5.97 Å². The number of ether oxygens (including phenoxy) is 1. The highest BCUT2D eigenvalue weighted by atomic mass is 32.1. The van der Waals surface area contributed by atoms with Crippen molar-refractivity contribution in [3.63, 3.8) is 0 Å². The first-order valence-corrected chi connectivity index (χ1v) is 14.8. The molecule has 1 saturated heterocycles. The Morgan fingerprint density at radius 2 is 1.68 bits per heavy atom. The zero-order valence-corrected chi connectivity index (χ0v) is 24.3. The van der Waals surface area contributed by atoms with Crippen molar-refractivity contribution >= 4 is 66.5 Å². The van der Waals surface area contributed by atoms with Crippen molar-refractivity contribution in [2.24, 2.45) is 10.2 Å². The number of hydrogen-bond donors (Lipinski definition) is 4. The molecule has 10 nitrogen and oxygen atoms in total. The van der Waals surface area contributed by atoms with Gasteiger partial charge < -0.3 is 25.9 Å². The van der Waals surface area contributed by atoms with Gasteiger partial charge in [0, 0.05) is 13.1 Å². The molecule has 1 fully saturated rings. The number of rotatable bonds is 11. The molecule has 0 saturated carbocycles. The van der Waals surface area contributed by atoms with E-state index >= 15 is 0 Å². The van der Waals surface area contributed by atoms with Gasteiger partial charge in [0.25, 0.3) is 0 Å². The van der Waals surface area contributed by atoms with Crippen LogP contribution < -0.4 is 26.6 Å². The Hall–Kier alpha value is -4.16. The van der Waals surface area contributed by atoms with Crippen molar-refractivity contribution in [3.8, 4) is 0 Å². The highest BCUT2D eigenvalue weighted by Crippen LogP contribution is 2.32. The Labute approximate surface area is 241 Å². The molecule has 0 unspecified atom stereocenters. The molecule has 3 heterocycles. The molecule has 5 rings (SSSR count). The lowest BCUT2D eigenvalue weighted by molar-refractivity contribution is 0.0532. The molecule has 0 spiro atoms. The molecule has 0 atom stereocenters. The van der Waals surface area contributed by atoms with Crippen LogP contribution in [0.2, 0.25) is 0 Å². The number of esters is 1. The molecular formula is C28H32N8O2S2. The van der Waals surface area contributed by atoms with Gasteiger partial charge in [-0.15, -0.1) is 10.2 Å². The monoisotopic (exact) mass is 576 g/mol. The van der Waals surface area contributed by atoms with E-state index in [1.165, 1.54) is 24.0 Å². The van der Waals surface area contributed by atoms with Crippen molar-refractivity contribution in [1.29, 1.82) is 0 Å². The van der Waals surface area contributed by atoms with Gasteiger partial charge in [-0.1, -0.05) is 22.7 Å². The van der Waals surface area contributed by atoms with Crippen molar-refractivity contribution in [2.45, 2.75) is 33.6 Å². The molecular weight excluding hydrogens is 544 g/mol. The average molecular weight is 577 g/mol. The lowest BCUT2D eigenvalue weighted by Gasteiger charge is -2.15. The summed E-state index contributed by atoms with van der Waals surface area (Å²) in [5, 5.41) is 11.3. The second kappa shape index (κ2) is 12.8. The van der Waals surface area contributed by atoms with Gasteiger partial charge in [0.15, 0.2) is 0 Å². The third kappa shape index (κ3) is 6.88. The Bertz CT molecular complexity index is 1490. The number of carbonyl (C=O) groups is 1. The van der Waals surface area contributed by atoms with Gasteiger partial charge in [0.1, 0.15) is 9.88 Å². The molecule has 1 aliphatic rings. The maximum atomic E-state index is 11.8. The van der Waals surface area contributed by atoms with Crippen LogP contribution in [-0.4, -0.2) is 30.6 Å². The number of hydrazine groups is 2. The van der Waals surface area contributed by atoms with E-state index in [-0.39, 0.29) is 0 Å². The summed E-state index contributed by atoms with van der Waals surface area (Å²) < 4.78 is 4.99. The fourth-order valence-electron chi connectivity index (χ4n) is 4.21. The summed E-state index contributed by atoms with van der Waals surface area (Å²) in [6, 6.07) is 16.2. The van der Waals surface area contributed by atoms with E-state index in [1.807, 2.05) is 37.3 Å². The van der Waals surface area contributed by atoms with Crippen molar-refractivity contribution in [1.82, 2.24) is 4.98 Å². The second-order valence-corrected chi connectivity index (χ2v) is 11.4. The molecule has 40 heavy (non-hydrogen) atoms. The predicted molar refractivity (Wildman–Crippen MR) is 165 cm³/mol. The molecule has 2 aromatic carbocycles. The van der Waals surface area contributed by atoms with Crippen LogP contribution in [0, 0.1) is 13.8 Å². The van der Waals surface area contributed by atoms with Crippen LogP contribution >= 0.6 is 22.7 Å². The highest BCUT2D eigenvalue weighted by Gasteiger charge is 2.14. The number of carbonyl (C=O) groups excluding carboxylic acids is 1. The van der Waals surface area contributed by atoms with Crippen LogP contribution in [0.4, 0.5) is 37.9 Å². The van der Waals surface area contributed by atoms with E-state index in [0.717, 1.165) is 63.3 Å². The van der Waals surface area contributed by atoms with Crippen molar-refractivity contribution in [2.75, 3.05) is 46.3 Å². The van der Waals surface area contributed by atoms with E-state index in [0.29, 0.717) is 16.6 Å². The zero-order chi connectivity index (χ0) is 27.9. The molecule has 2 aromatic heterocycles. The molecule has 4 aromatic rings. The van der Waals surface area contributed by atoms with Crippen LogP contribution in [0.15, 0.2) is 65.0 Å². The Morgan fingerprint density at radius 1 is 0.925 bits per heavy atom. The zero-order valence-electron chi connectivity index (χ0n) is 22.7. The summed E-state index contributed by atoms with van der Waals surface area (Å²) in [5.41, 5.74) is 18.8. The lowest BCUT2D eigenvalue weighted by atomic mass is 10.2. The number of azo groups is 1. The average Bonchev–Trinajstić information content (AvgIpc) is 3.73. The summed E-state index contributed by atoms with van der Waals surface area (Å²) in [7, 11) is 0. The van der Waals surface area contributed by atoms with Gasteiger partial charge in [-0.2, -0.15) is 0 Å². The fourth-order valence-corrected chi connectivity index (χ4v) is 5.75. The van der Waals surface area contributed by atoms with Gasteiger partial charge in [0.2, 0.25) is 5.13 Å². The maximum absolute atomic E-state index is 11.8. The van der Waals surface area contributed by atoms with Gasteiger partial charge in [-0.05, 0) is 93.3 Å². The molecule has 12 heteroatoms. The summed E-state index contributed by atoms with van der Waals surface area (Å²) in [6.45, 7) is 8.41. The predicted octanol–water partition coefficient (Wildman–Crippen LogP) is 7.89. The number of benzene rings is 2. The van der Waals surface area contributed by atoms with Crippen molar-refractivity contribution < 1.29 is 9.53 Å². The molecule has 0 amide bonds. The quantitative estimate of drug-likeness (QED) is 0.0809. The minimum atomic E-state index is -0.400. The first-order chi connectivity index (χ1) is 19.5. The summed E-state index contributed by atoms with van der Waals surface area (Å²) >= 11 is 2.91. The van der Waals surface area contributed by atoms with E-state index in [4.69, 9.17) is 4.74 Å². The third-order valence-corrected chi connectivity index (χ3v) is 8.24. The normalized spacial score (nSPS) is 13.0. The number of aromatic nitrogens is 1. The standard InChI is InChI=1S/C28H32N8O2S2/c1-4-38-27(37)24-17-29-28(39-24)35-33-23-10-7-20(15-19(23)3)30-32-22-9-8-21(16-18(22)2)31-34-25-11-12-26(40-25)36-13-5-6-14-36/h7-12,15-17,30-32,34H,4-6,13-14H2,1-3H3. The van der Waals surface area contributed by atoms with Gasteiger partial charge in [0.05, 0.1) is 40.6 Å². The molecule has 4 N–H and O–H groups in total. The minimum Gasteiger partial charge on any atom is -0.462 e. The maximum Gasteiger partial charge on any atom is 0.350 e. The Kier molecular flexibility index (Phi) is 8.77. The first kappa shape index (κ1) is 27.4. The molecule has 0 aliphatic carbocycles. The summed E-state index contributed by atoms with van der Waals surface area (Å²) in [4.78, 5) is 18.8. The number of hydrogen-bond acceptors (Lipinski definition) is 12. The number of aryl methyl sites for hydroxylation is 2. The topological polar surface area (TPSA) is 115 Å². The van der Waals surface area contributed by atoms with Crippen molar-refractivity contribution in [3.05, 3.63) is 70.7 Å². The Morgan fingerprint density at radius 3 is 2.42 bits per heavy atom.